The van der Waals surface area contributed by atoms with Crippen LogP contribution in [-0.2, 0) is 11.3 Å². The molecular formula is C17H19N3O5S. The van der Waals surface area contributed by atoms with Gasteiger partial charge in [-0.15, -0.1) is 0 Å². The highest BCUT2D eigenvalue weighted by Crippen LogP contribution is 2.29. The molecule has 1 aromatic heterocycles. The number of furan rings is 1. The Kier molecular flexibility index (Phi) is 6.98. The first-order valence-corrected chi connectivity index (χ1v) is 8.09. The van der Waals surface area contributed by atoms with Crippen molar-refractivity contribution in [2.24, 2.45) is 10.8 Å². The van der Waals surface area contributed by atoms with Gasteiger partial charge in [-0.05, 0) is 55.0 Å². The molecule has 0 aliphatic rings. The molecule has 9 heteroatoms. The van der Waals surface area contributed by atoms with E-state index in [4.69, 9.17) is 19.6 Å². The van der Waals surface area contributed by atoms with E-state index in [0.29, 0.717) is 23.9 Å². The monoisotopic (exact) mass is 377 g/mol. The van der Waals surface area contributed by atoms with Gasteiger partial charge in [0.2, 0.25) is 5.76 Å². The number of hydrogen-bond acceptors (Lipinski definition) is 7. The molecule has 0 unspecified atom stereocenters. The van der Waals surface area contributed by atoms with Crippen LogP contribution >= 0.6 is 12.2 Å². The van der Waals surface area contributed by atoms with Crippen molar-refractivity contribution in [2.75, 3.05) is 13.7 Å². The summed E-state index contributed by atoms with van der Waals surface area (Å²) in [4.78, 5) is 11.4. The topological polar surface area (TPSA) is 108 Å². The lowest BCUT2D eigenvalue weighted by molar-refractivity contribution is 0.0561. The number of hydrazone groups is 1. The van der Waals surface area contributed by atoms with Gasteiger partial charge in [-0.25, -0.2) is 4.79 Å². The van der Waals surface area contributed by atoms with Crippen LogP contribution in [0.4, 0.5) is 0 Å². The summed E-state index contributed by atoms with van der Waals surface area (Å²) >= 11 is 4.68. The van der Waals surface area contributed by atoms with Crippen LogP contribution in [0.2, 0.25) is 0 Å². The second kappa shape index (κ2) is 9.42. The van der Waals surface area contributed by atoms with E-state index in [2.05, 4.69) is 27.5 Å². The molecular weight excluding hydrogens is 358 g/mol. The fourth-order valence-corrected chi connectivity index (χ4v) is 2.03. The van der Waals surface area contributed by atoms with E-state index in [1.54, 1.807) is 30.5 Å². The van der Waals surface area contributed by atoms with E-state index in [1.165, 1.54) is 13.2 Å². The minimum atomic E-state index is -0.541. The third-order valence-electron chi connectivity index (χ3n) is 3.07. The molecule has 0 bridgehead atoms. The number of hydrogen-bond donors (Lipinski definition) is 2. The van der Waals surface area contributed by atoms with Gasteiger partial charge in [-0.2, -0.15) is 5.10 Å². The van der Waals surface area contributed by atoms with Crippen molar-refractivity contribution in [3.63, 3.8) is 0 Å². The van der Waals surface area contributed by atoms with Gasteiger partial charge in [0.1, 0.15) is 12.4 Å². The van der Waals surface area contributed by atoms with Gasteiger partial charge in [0.25, 0.3) is 0 Å². The highest BCUT2D eigenvalue weighted by Gasteiger charge is 2.12. The molecule has 2 aromatic rings. The fraction of sp³-hybridized carbons (Fsp3) is 0.235. The first-order valence-electron chi connectivity index (χ1n) is 7.68. The zero-order valence-corrected chi connectivity index (χ0v) is 15.2. The number of carbonyl (C=O) groups excluding carboxylic acids is 1. The van der Waals surface area contributed by atoms with Gasteiger partial charge in [0, 0.05) is 0 Å². The Morgan fingerprint density at radius 1 is 1.31 bits per heavy atom. The summed E-state index contributed by atoms with van der Waals surface area (Å²) < 4.78 is 21.3. The molecule has 1 heterocycles. The van der Waals surface area contributed by atoms with Crippen LogP contribution < -0.4 is 20.6 Å². The standard InChI is InChI=1S/C17H19N3O5S/c1-3-23-15-8-11(9-19-20-17(18)26)4-6-13(15)24-10-12-5-7-14(25-12)16(21)22-2/h4-9H,3,10H2,1-2H3,(H3,18,20,26). The number of thiocarbonyl (C=S) groups is 1. The van der Waals surface area contributed by atoms with Gasteiger partial charge in [0.15, 0.2) is 16.6 Å². The summed E-state index contributed by atoms with van der Waals surface area (Å²) in [5.41, 5.74) is 8.56. The SMILES string of the molecule is CCOc1cc(C=NNC(N)=S)ccc1OCc1ccc(C(=O)OC)o1. The third-order valence-corrected chi connectivity index (χ3v) is 3.17. The fourth-order valence-electron chi connectivity index (χ4n) is 1.98. The zero-order chi connectivity index (χ0) is 18.9. The third kappa shape index (κ3) is 5.49. The largest absolute Gasteiger partial charge is 0.490 e. The van der Waals surface area contributed by atoms with E-state index >= 15 is 0 Å². The number of esters is 1. The van der Waals surface area contributed by atoms with Crippen LogP contribution in [0.1, 0.15) is 28.8 Å². The van der Waals surface area contributed by atoms with Crippen LogP contribution in [0.3, 0.4) is 0 Å². The van der Waals surface area contributed by atoms with Crippen LogP contribution in [0.15, 0.2) is 39.9 Å². The van der Waals surface area contributed by atoms with Gasteiger partial charge in [0.05, 0.1) is 19.9 Å². The maximum Gasteiger partial charge on any atom is 0.373 e. The minimum Gasteiger partial charge on any atom is -0.490 e. The molecule has 0 radical (unpaired) electrons. The van der Waals surface area contributed by atoms with Crippen molar-refractivity contribution >= 4 is 29.5 Å². The molecule has 0 fully saturated rings. The number of nitrogens with one attached hydrogen (secondary N) is 1. The zero-order valence-electron chi connectivity index (χ0n) is 14.4. The van der Waals surface area contributed by atoms with Crippen molar-refractivity contribution < 1.29 is 23.4 Å². The number of rotatable bonds is 8. The summed E-state index contributed by atoms with van der Waals surface area (Å²) in [5.74, 6) is 1.14. The molecule has 0 spiro atoms. The first-order chi connectivity index (χ1) is 12.5. The quantitative estimate of drug-likeness (QED) is 0.312. The molecule has 138 valence electrons. The smallest absolute Gasteiger partial charge is 0.373 e. The molecule has 0 aliphatic heterocycles. The molecule has 0 saturated heterocycles. The van der Waals surface area contributed by atoms with E-state index in [9.17, 15) is 4.79 Å². The molecule has 0 aliphatic carbocycles. The Morgan fingerprint density at radius 3 is 2.81 bits per heavy atom. The number of carbonyl (C=O) groups is 1. The molecule has 1 aromatic carbocycles. The van der Waals surface area contributed by atoms with E-state index in [0.717, 1.165) is 5.56 Å². The van der Waals surface area contributed by atoms with E-state index < -0.39 is 5.97 Å². The Morgan fingerprint density at radius 2 is 2.12 bits per heavy atom. The maximum absolute atomic E-state index is 11.4. The number of nitrogens with two attached hydrogens (primary N) is 1. The lowest BCUT2D eigenvalue weighted by Crippen LogP contribution is -2.23. The van der Waals surface area contributed by atoms with Crippen LogP contribution in [0.25, 0.3) is 0 Å². The van der Waals surface area contributed by atoms with Crippen molar-refractivity contribution in [1.82, 2.24) is 5.43 Å². The molecule has 3 N–H and O–H groups in total. The molecule has 8 nitrogen and oxygen atoms in total. The minimum absolute atomic E-state index is 0.0796. The van der Waals surface area contributed by atoms with Crippen LogP contribution in [-0.4, -0.2) is 31.0 Å². The average Bonchev–Trinajstić information content (AvgIpc) is 3.09. The second-order valence-corrected chi connectivity index (χ2v) is 5.36. The molecule has 26 heavy (non-hydrogen) atoms. The van der Waals surface area contributed by atoms with Gasteiger partial charge >= 0.3 is 5.97 Å². The number of ether oxygens (including phenoxy) is 3. The highest BCUT2D eigenvalue weighted by atomic mass is 32.1. The number of nitrogens with zero attached hydrogens (tertiary/aromatic N) is 1. The van der Waals surface area contributed by atoms with Gasteiger partial charge in [-0.3, -0.25) is 5.43 Å². The Labute approximate surface area is 155 Å². The Balaban J connectivity index is 2.07. The average molecular weight is 377 g/mol. The van der Waals surface area contributed by atoms with Crippen LogP contribution in [0, 0.1) is 0 Å². The number of methoxy groups -OCH3 is 1. The lowest BCUT2D eigenvalue weighted by Gasteiger charge is -2.11. The second-order valence-electron chi connectivity index (χ2n) is 4.92. The molecule has 0 saturated carbocycles. The molecule has 0 atom stereocenters. The number of benzene rings is 1. The maximum atomic E-state index is 11.4. The lowest BCUT2D eigenvalue weighted by atomic mass is 10.2. The van der Waals surface area contributed by atoms with Crippen molar-refractivity contribution in [3.05, 3.63) is 47.4 Å². The summed E-state index contributed by atoms with van der Waals surface area (Å²) in [6.07, 6.45) is 1.56. The summed E-state index contributed by atoms with van der Waals surface area (Å²) in [6.45, 7) is 2.47. The Hall–Kier alpha value is -3.07. The van der Waals surface area contributed by atoms with Crippen molar-refractivity contribution in [3.8, 4) is 11.5 Å². The molecule has 2 rings (SSSR count). The van der Waals surface area contributed by atoms with Crippen molar-refractivity contribution in [1.29, 1.82) is 0 Å². The summed E-state index contributed by atoms with van der Waals surface area (Å²) in [6, 6.07) is 8.49. The Bertz CT molecular complexity index is 803. The van der Waals surface area contributed by atoms with E-state index in [1.807, 2.05) is 6.92 Å². The summed E-state index contributed by atoms with van der Waals surface area (Å²) in [5, 5.41) is 3.98. The predicted molar refractivity (Wildman–Crippen MR) is 99.5 cm³/mol. The first kappa shape index (κ1) is 19.3. The van der Waals surface area contributed by atoms with Crippen LogP contribution in [0.5, 0.6) is 11.5 Å². The van der Waals surface area contributed by atoms with Gasteiger partial charge in [-0.1, -0.05) is 0 Å². The molecule has 0 amide bonds. The normalized spacial score (nSPS) is 10.5. The van der Waals surface area contributed by atoms with Gasteiger partial charge < -0.3 is 24.4 Å². The van der Waals surface area contributed by atoms with E-state index in [-0.39, 0.29) is 17.5 Å². The highest BCUT2D eigenvalue weighted by molar-refractivity contribution is 7.80. The summed E-state index contributed by atoms with van der Waals surface area (Å²) in [7, 11) is 1.29. The predicted octanol–water partition coefficient (Wildman–Crippen LogP) is 2.21. The van der Waals surface area contributed by atoms with Crippen molar-refractivity contribution in [2.45, 2.75) is 13.5 Å².